The first-order valence-corrected chi connectivity index (χ1v) is 5.27. The first-order valence-electron chi connectivity index (χ1n) is 5.27. The number of hydrogen-bond acceptors (Lipinski definition) is 2. The van der Waals surface area contributed by atoms with Gasteiger partial charge in [0.25, 0.3) is 0 Å². The van der Waals surface area contributed by atoms with Crippen molar-refractivity contribution in [3.63, 3.8) is 0 Å². The van der Waals surface area contributed by atoms with Crippen LogP contribution in [0, 0.1) is 12.3 Å². The molecule has 0 spiro atoms. The first-order chi connectivity index (χ1) is 6.55. The highest BCUT2D eigenvalue weighted by atomic mass is 16.5. The highest BCUT2D eigenvalue weighted by Gasteiger charge is 2.21. The van der Waals surface area contributed by atoms with Gasteiger partial charge in [0.15, 0.2) is 0 Å². The largest absolute Gasteiger partial charge is 0.379 e. The lowest BCUT2D eigenvalue weighted by Gasteiger charge is -2.28. The number of terminal acetylenes is 1. The SMILES string of the molecule is C#CCCC(CC(C)(C)OC)NCC. The monoisotopic (exact) mass is 197 g/mol. The van der Waals surface area contributed by atoms with Crippen LogP contribution in [0.3, 0.4) is 0 Å². The van der Waals surface area contributed by atoms with Crippen LogP contribution in [-0.2, 0) is 4.74 Å². The molecule has 2 nitrogen and oxygen atoms in total. The van der Waals surface area contributed by atoms with Gasteiger partial charge in [-0.05, 0) is 33.2 Å². The summed E-state index contributed by atoms with van der Waals surface area (Å²) in [5.41, 5.74) is -0.0680. The van der Waals surface area contributed by atoms with Crippen LogP contribution >= 0.6 is 0 Å². The van der Waals surface area contributed by atoms with E-state index in [1.807, 2.05) is 0 Å². The zero-order valence-corrected chi connectivity index (χ0v) is 9.89. The number of hydrogen-bond donors (Lipinski definition) is 1. The average Bonchev–Trinajstić information content (AvgIpc) is 2.14. The van der Waals surface area contributed by atoms with Crippen LogP contribution in [0.1, 0.15) is 40.0 Å². The first kappa shape index (κ1) is 13.5. The van der Waals surface area contributed by atoms with E-state index in [0.29, 0.717) is 6.04 Å². The lowest BCUT2D eigenvalue weighted by Crippen LogP contribution is -2.37. The van der Waals surface area contributed by atoms with E-state index < -0.39 is 0 Å². The van der Waals surface area contributed by atoms with E-state index in [9.17, 15) is 0 Å². The van der Waals surface area contributed by atoms with Crippen molar-refractivity contribution >= 4 is 0 Å². The van der Waals surface area contributed by atoms with Crippen LogP contribution in [0.4, 0.5) is 0 Å². The van der Waals surface area contributed by atoms with Gasteiger partial charge in [-0.15, -0.1) is 12.3 Å². The number of rotatable bonds is 7. The van der Waals surface area contributed by atoms with Crippen molar-refractivity contribution in [3.05, 3.63) is 0 Å². The van der Waals surface area contributed by atoms with Crippen molar-refractivity contribution in [2.24, 2.45) is 0 Å². The molecule has 0 radical (unpaired) electrons. The Labute approximate surface area is 88.4 Å². The van der Waals surface area contributed by atoms with Gasteiger partial charge in [0.1, 0.15) is 0 Å². The van der Waals surface area contributed by atoms with Gasteiger partial charge in [-0.25, -0.2) is 0 Å². The van der Waals surface area contributed by atoms with Crippen LogP contribution in [0.2, 0.25) is 0 Å². The summed E-state index contributed by atoms with van der Waals surface area (Å²) in [7, 11) is 1.75. The van der Waals surface area contributed by atoms with Crippen molar-refractivity contribution in [2.45, 2.75) is 51.7 Å². The molecule has 0 aromatic heterocycles. The molecular formula is C12H23NO. The number of methoxy groups -OCH3 is 1. The summed E-state index contributed by atoms with van der Waals surface area (Å²) < 4.78 is 5.40. The number of nitrogens with one attached hydrogen (secondary N) is 1. The maximum atomic E-state index is 5.40. The minimum Gasteiger partial charge on any atom is -0.379 e. The second-order valence-electron chi connectivity index (χ2n) is 4.17. The molecule has 0 amide bonds. The molecule has 1 atom stereocenters. The molecule has 0 aromatic rings. The molecular weight excluding hydrogens is 174 g/mol. The van der Waals surface area contributed by atoms with Crippen LogP contribution < -0.4 is 5.32 Å². The van der Waals surface area contributed by atoms with Crippen molar-refractivity contribution in [3.8, 4) is 12.3 Å². The summed E-state index contributed by atoms with van der Waals surface area (Å²) in [6, 6.07) is 0.464. The molecule has 0 bridgehead atoms. The molecule has 1 N–H and O–H groups in total. The minimum atomic E-state index is -0.0680. The maximum Gasteiger partial charge on any atom is 0.0637 e. The molecule has 0 heterocycles. The van der Waals surface area contributed by atoms with Crippen LogP contribution in [0.15, 0.2) is 0 Å². The molecule has 0 saturated carbocycles. The fourth-order valence-corrected chi connectivity index (χ4v) is 1.50. The predicted molar refractivity (Wildman–Crippen MR) is 61.2 cm³/mol. The summed E-state index contributed by atoms with van der Waals surface area (Å²) in [5.74, 6) is 2.68. The molecule has 14 heavy (non-hydrogen) atoms. The Bertz CT molecular complexity index is 181. The molecule has 0 saturated heterocycles. The Kier molecular flexibility index (Phi) is 6.61. The fraction of sp³-hybridized carbons (Fsp3) is 0.833. The molecule has 0 rings (SSSR count). The van der Waals surface area contributed by atoms with Crippen LogP contribution in [0.25, 0.3) is 0 Å². The molecule has 0 aliphatic rings. The van der Waals surface area contributed by atoms with Gasteiger partial charge in [-0.2, -0.15) is 0 Å². The molecule has 0 fully saturated rings. The van der Waals surface area contributed by atoms with Crippen LogP contribution in [-0.4, -0.2) is 25.3 Å². The van der Waals surface area contributed by atoms with E-state index in [2.05, 4.69) is 32.0 Å². The quantitative estimate of drug-likeness (QED) is 0.632. The van der Waals surface area contributed by atoms with Gasteiger partial charge in [-0.3, -0.25) is 0 Å². The second kappa shape index (κ2) is 6.86. The van der Waals surface area contributed by atoms with Gasteiger partial charge >= 0.3 is 0 Å². The van der Waals surface area contributed by atoms with Crippen LogP contribution in [0.5, 0.6) is 0 Å². The van der Waals surface area contributed by atoms with E-state index in [4.69, 9.17) is 11.2 Å². The molecule has 1 unspecified atom stereocenters. The summed E-state index contributed by atoms with van der Waals surface area (Å²) in [6.45, 7) is 7.30. The minimum absolute atomic E-state index is 0.0680. The number of ether oxygens (including phenoxy) is 1. The van der Waals surface area contributed by atoms with Gasteiger partial charge in [0.05, 0.1) is 5.60 Å². The Hall–Kier alpha value is -0.520. The van der Waals surface area contributed by atoms with Crippen molar-refractivity contribution in [2.75, 3.05) is 13.7 Å². The summed E-state index contributed by atoms with van der Waals surface area (Å²) in [5, 5.41) is 3.43. The van der Waals surface area contributed by atoms with Gasteiger partial charge in [-0.1, -0.05) is 6.92 Å². The molecule has 0 aliphatic carbocycles. The van der Waals surface area contributed by atoms with Gasteiger partial charge in [0, 0.05) is 19.6 Å². The molecule has 2 heteroatoms. The van der Waals surface area contributed by atoms with E-state index in [-0.39, 0.29) is 5.60 Å². The third-order valence-electron chi connectivity index (χ3n) is 2.42. The molecule has 82 valence electrons. The topological polar surface area (TPSA) is 21.3 Å². The fourth-order valence-electron chi connectivity index (χ4n) is 1.50. The van der Waals surface area contributed by atoms with E-state index in [1.54, 1.807) is 7.11 Å². The second-order valence-corrected chi connectivity index (χ2v) is 4.17. The third kappa shape index (κ3) is 6.01. The zero-order valence-electron chi connectivity index (χ0n) is 9.89. The van der Waals surface area contributed by atoms with Gasteiger partial charge < -0.3 is 10.1 Å². The molecule has 0 aromatic carbocycles. The van der Waals surface area contributed by atoms with Crippen molar-refractivity contribution < 1.29 is 4.74 Å². The Morgan fingerprint density at radius 2 is 2.14 bits per heavy atom. The smallest absolute Gasteiger partial charge is 0.0637 e. The summed E-state index contributed by atoms with van der Waals surface area (Å²) >= 11 is 0. The Morgan fingerprint density at radius 1 is 1.50 bits per heavy atom. The van der Waals surface area contributed by atoms with E-state index >= 15 is 0 Å². The summed E-state index contributed by atoms with van der Waals surface area (Å²) in [6.07, 6.45) is 8.11. The normalized spacial score (nSPS) is 13.6. The Morgan fingerprint density at radius 3 is 2.57 bits per heavy atom. The van der Waals surface area contributed by atoms with Crippen molar-refractivity contribution in [1.29, 1.82) is 0 Å². The lowest BCUT2D eigenvalue weighted by atomic mass is 9.96. The highest BCUT2D eigenvalue weighted by molar-refractivity contribution is 4.87. The average molecular weight is 197 g/mol. The summed E-state index contributed by atoms with van der Waals surface area (Å²) in [4.78, 5) is 0. The van der Waals surface area contributed by atoms with Crippen molar-refractivity contribution in [1.82, 2.24) is 5.32 Å². The Balaban J connectivity index is 4.02. The maximum absolute atomic E-state index is 5.40. The molecule has 0 aliphatic heterocycles. The highest BCUT2D eigenvalue weighted by Crippen LogP contribution is 2.17. The van der Waals surface area contributed by atoms with Gasteiger partial charge in [0.2, 0.25) is 0 Å². The third-order valence-corrected chi connectivity index (χ3v) is 2.42. The van der Waals surface area contributed by atoms with E-state index in [0.717, 1.165) is 25.8 Å². The standard InChI is InChI=1S/C12H23NO/c1-6-8-9-11(13-7-2)10-12(3,4)14-5/h1,11,13H,7-10H2,2-5H3. The lowest BCUT2D eigenvalue weighted by molar-refractivity contribution is 0.00665. The van der Waals surface area contributed by atoms with E-state index in [1.165, 1.54) is 0 Å². The predicted octanol–water partition coefficient (Wildman–Crippen LogP) is 2.19. The zero-order chi connectivity index (χ0) is 11.0.